The fourth-order valence-electron chi connectivity index (χ4n) is 7.82. The lowest BCUT2D eigenvalue weighted by Gasteiger charge is -2.61. The standard InChI is InChI=1S/C29H35F3N6OS/c30-29(31,32)39-24-4-2-1-3-19(24)15-34-27-35-16-22(14-33)26(38-27)36-17-28-11-18-9-20(12-28)25(21(10-18)13-28)37-23-5-7-40-8-6-23/h1-4,16,18,20-21,23,25,37H,5-13,15,17H2,(H2,34,35,36,38)/t18?,20-,21+,25+,28-. The van der Waals surface area contributed by atoms with E-state index in [-0.39, 0.29) is 23.7 Å². The highest BCUT2D eigenvalue weighted by atomic mass is 32.2. The van der Waals surface area contributed by atoms with Crippen molar-refractivity contribution in [1.82, 2.24) is 15.3 Å². The van der Waals surface area contributed by atoms with Gasteiger partial charge in [-0.05, 0) is 85.7 Å². The summed E-state index contributed by atoms with van der Waals surface area (Å²) in [6.45, 7) is 0.803. The number of rotatable bonds is 9. The first-order chi connectivity index (χ1) is 19.3. The summed E-state index contributed by atoms with van der Waals surface area (Å²) in [6, 6.07) is 9.43. The molecule has 2 heterocycles. The molecule has 0 amide bonds. The maximum atomic E-state index is 12.8. The van der Waals surface area contributed by atoms with Gasteiger partial charge < -0.3 is 20.7 Å². The van der Waals surface area contributed by atoms with E-state index in [0.29, 0.717) is 40.9 Å². The van der Waals surface area contributed by atoms with Crippen LogP contribution in [-0.2, 0) is 6.54 Å². The van der Waals surface area contributed by atoms with E-state index in [0.717, 1.165) is 12.5 Å². The monoisotopic (exact) mass is 572 g/mol. The summed E-state index contributed by atoms with van der Waals surface area (Å²) in [4.78, 5) is 8.75. The lowest BCUT2D eigenvalue weighted by atomic mass is 9.48. The Kier molecular flexibility index (Phi) is 7.75. The molecule has 1 aliphatic heterocycles. The van der Waals surface area contributed by atoms with Gasteiger partial charge in [-0.25, -0.2) is 4.98 Å². The summed E-state index contributed by atoms with van der Waals surface area (Å²) >= 11 is 2.07. The summed E-state index contributed by atoms with van der Waals surface area (Å²) in [5.41, 5.74) is 0.882. The first-order valence-corrected chi connectivity index (χ1v) is 15.4. The zero-order chi connectivity index (χ0) is 27.7. The van der Waals surface area contributed by atoms with Crippen molar-refractivity contribution in [2.75, 3.05) is 28.7 Å². The molecule has 4 saturated carbocycles. The van der Waals surface area contributed by atoms with E-state index >= 15 is 0 Å². The number of benzene rings is 1. The third-order valence-corrected chi connectivity index (χ3v) is 10.3. The van der Waals surface area contributed by atoms with Crippen LogP contribution >= 0.6 is 11.8 Å². The highest BCUT2D eigenvalue weighted by Crippen LogP contribution is 2.60. The summed E-state index contributed by atoms with van der Waals surface area (Å²) in [6.07, 6.45) is 5.48. The summed E-state index contributed by atoms with van der Waals surface area (Å²) in [5, 5.41) is 20.3. The number of thioether (sulfide) groups is 1. The van der Waals surface area contributed by atoms with Crippen molar-refractivity contribution in [2.24, 2.45) is 23.2 Å². The van der Waals surface area contributed by atoms with Crippen LogP contribution in [0.3, 0.4) is 0 Å². The van der Waals surface area contributed by atoms with Crippen molar-refractivity contribution in [3.8, 4) is 11.8 Å². The van der Waals surface area contributed by atoms with Crippen LogP contribution in [0.4, 0.5) is 24.9 Å². The molecular formula is C29H35F3N6OS. The van der Waals surface area contributed by atoms with Crippen molar-refractivity contribution in [2.45, 2.75) is 69.9 Å². The minimum absolute atomic E-state index is 0.0423. The van der Waals surface area contributed by atoms with Gasteiger partial charge in [0.15, 0.2) is 0 Å². The van der Waals surface area contributed by atoms with E-state index in [9.17, 15) is 18.4 Å². The van der Waals surface area contributed by atoms with Gasteiger partial charge in [-0.15, -0.1) is 13.2 Å². The van der Waals surface area contributed by atoms with Crippen molar-refractivity contribution in [3.05, 3.63) is 41.6 Å². The highest BCUT2D eigenvalue weighted by molar-refractivity contribution is 7.99. The number of ether oxygens (including phenoxy) is 1. The molecule has 40 heavy (non-hydrogen) atoms. The fourth-order valence-corrected chi connectivity index (χ4v) is 8.93. The maximum absolute atomic E-state index is 12.8. The number of alkyl halides is 3. The number of halogens is 3. The van der Waals surface area contributed by atoms with E-state index in [2.05, 4.69) is 48.5 Å². The van der Waals surface area contributed by atoms with Crippen LogP contribution in [0.25, 0.3) is 0 Å². The molecule has 5 fully saturated rings. The van der Waals surface area contributed by atoms with Crippen LogP contribution in [0.15, 0.2) is 30.5 Å². The smallest absolute Gasteiger partial charge is 0.405 e. The van der Waals surface area contributed by atoms with Crippen LogP contribution in [0, 0.1) is 34.5 Å². The summed E-state index contributed by atoms with van der Waals surface area (Å²) in [5.74, 6) is 5.15. The number of nitrogens with zero attached hydrogens (tertiary/aromatic N) is 3. The van der Waals surface area contributed by atoms with Crippen molar-refractivity contribution < 1.29 is 17.9 Å². The van der Waals surface area contributed by atoms with Crippen LogP contribution in [0.5, 0.6) is 5.75 Å². The quantitative estimate of drug-likeness (QED) is 0.339. The molecule has 2 aromatic rings. The van der Waals surface area contributed by atoms with Crippen molar-refractivity contribution in [1.29, 1.82) is 5.26 Å². The number of nitriles is 1. The lowest BCUT2D eigenvalue weighted by Crippen LogP contribution is -2.61. The van der Waals surface area contributed by atoms with Gasteiger partial charge in [0.2, 0.25) is 5.95 Å². The van der Waals surface area contributed by atoms with Crippen molar-refractivity contribution in [3.63, 3.8) is 0 Å². The predicted octanol–water partition coefficient (Wildman–Crippen LogP) is 5.95. The average Bonchev–Trinajstić information content (AvgIpc) is 2.93. The SMILES string of the molecule is N#Cc1cnc(NCc2ccccc2OC(F)(F)F)nc1NC[C@]12CC3C[C@H](C1)[C@H](NC1CCSCC1)[C@@H](C3)C2. The van der Waals surface area contributed by atoms with Gasteiger partial charge in [0.25, 0.3) is 0 Å². The molecule has 1 aromatic carbocycles. The Balaban J connectivity index is 1.11. The molecule has 1 saturated heterocycles. The van der Waals surface area contributed by atoms with E-state index in [1.165, 1.54) is 74.8 Å². The summed E-state index contributed by atoms with van der Waals surface area (Å²) in [7, 11) is 0. The van der Waals surface area contributed by atoms with E-state index < -0.39 is 6.36 Å². The molecule has 3 N–H and O–H groups in total. The topological polar surface area (TPSA) is 94.9 Å². The zero-order valence-electron chi connectivity index (χ0n) is 22.3. The number of nitrogens with one attached hydrogen (secondary N) is 3. The normalized spacial score (nSPS) is 29.6. The second kappa shape index (κ2) is 11.3. The molecule has 5 aliphatic rings. The highest BCUT2D eigenvalue weighted by Gasteiger charge is 2.55. The molecule has 7 nitrogen and oxygen atoms in total. The predicted molar refractivity (Wildman–Crippen MR) is 149 cm³/mol. The van der Waals surface area contributed by atoms with Gasteiger partial charge in [-0.3, -0.25) is 0 Å². The largest absolute Gasteiger partial charge is 0.573 e. The Hall–Kier alpha value is -2.71. The third-order valence-electron chi connectivity index (χ3n) is 9.22. The van der Waals surface area contributed by atoms with E-state index in [1.807, 2.05) is 0 Å². The zero-order valence-corrected chi connectivity index (χ0v) is 23.2. The fraction of sp³-hybridized carbons (Fsp3) is 0.621. The second-order valence-electron chi connectivity index (χ2n) is 12.0. The van der Waals surface area contributed by atoms with Crippen LogP contribution in [-0.4, -0.2) is 46.5 Å². The van der Waals surface area contributed by atoms with Crippen LogP contribution < -0.4 is 20.7 Å². The minimum atomic E-state index is -4.78. The van der Waals surface area contributed by atoms with Gasteiger partial charge in [-0.1, -0.05) is 18.2 Å². The summed E-state index contributed by atoms with van der Waals surface area (Å²) < 4.78 is 42.5. The number of hydrogen-bond donors (Lipinski definition) is 3. The Morgan fingerprint density at radius 3 is 2.55 bits per heavy atom. The van der Waals surface area contributed by atoms with E-state index in [4.69, 9.17) is 0 Å². The Morgan fingerprint density at radius 1 is 1.07 bits per heavy atom. The molecule has 214 valence electrons. The van der Waals surface area contributed by atoms with Gasteiger partial charge in [0, 0.05) is 30.7 Å². The number of aromatic nitrogens is 2. The minimum Gasteiger partial charge on any atom is -0.405 e. The molecule has 11 heteroatoms. The van der Waals surface area contributed by atoms with Crippen LogP contribution in [0.2, 0.25) is 0 Å². The van der Waals surface area contributed by atoms with Crippen LogP contribution in [0.1, 0.15) is 56.1 Å². The molecule has 4 aliphatic carbocycles. The van der Waals surface area contributed by atoms with Crippen molar-refractivity contribution >= 4 is 23.5 Å². The third kappa shape index (κ3) is 6.13. The molecule has 0 radical (unpaired) electrons. The second-order valence-corrected chi connectivity index (χ2v) is 13.2. The van der Waals surface area contributed by atoms with Gasteiger partial charge in [0.1, 0.15) is 23.2 Å². The molecule has 1 unspecified atom stereocenters. The molecule has 5 atom stereocenters. The average molecular weight is 573 g/mol. The van der Waals surface area contributed by atoms with E-state index in [1.54, 1.807) is 12.1 Å². The Morgan fingerprint density at radius 2 is 1.82 bits per heavy atom. The molecule has 7 rings (SSSR count). The van der Waals surface area contributed by atoms with Gasteiger partial charge in [0.05, 0.1) is 6.20 Å². The number of para-hydroxylation sites is 1. The molecular weight excluding hydrogens is 537 g/mol. The molecule has 4 bridgehead atoms. The molecule has 0 spiro atoms. The maximum Gasteiger partial charge on any atom is 0.573 e. The first-order valence-electron chi connectivity index (χ1n) is 14.2. The van der Waals surface area contributed by atoms with Gasteiger partial charge in [-0.2, -0.15) is 22.0 Å². The van der Waals surface area contributed by atoms with Gasteiger partial charge >= 0.3 is 6.36 Å². The Bertz CT molecular complexity index is 1230. The number of anilines is 2. The molecule has 1 aromatic heterocycles. The first kappa shape index (κ1) is 27.5. The Labute approximate surface area is 237 Å². The lowest BCUT2D eigenvalue weighted by molar-refractivity contribution is -0.274. The number of hydrogen-bond acceptors (Lipinski definition) is 8.